The fraction of sp³-hybridized carbons (Fsp3) is 0.471. The number of benzene rings is 1. The van der Waals surface area contributed by atoms with E-state index in [0.29, 0.717) is 0 Å². The molecule has 0 radical (unpaired) electrons. The minimum Gasteiger partial charge on any atom is -0.399 e. The van der Waals surface area contributed by atoms with Crippen molar-refractivity contribution in [3.05, 3.63) is 47.0 Å². The maximum Gasteiger partial charge on any atom is 0.106 e. The number of imidazole rings is 1. The van der Waals surface area contributed by atoms with Gasteiger partial charge in [-0.25, -0.2) is 4.98 Å². The van der Waals surface area contributed by atoms with Crippen LogP contribution in [0.15, 0.2) is 24.3 Å². The van der Waals surface area contributed by atoms with Crippen LogP contribution in [0, 0.1) is 6.92 Å². The van der Waals surface area contributed by atoms with E-state index in [2.05, 4.69) is 23.6 Å². The van der Waals surface area contributed by atoms with Gasteiger partial charge in [0.15, 0.2) is 0 Å². The summed E-state index contributed by atoms with van der Waals surface area (Å²) in [5.41, 5.74) is 10.8. The normalized spacial score (nSPS) is 14.2. The molecule has 0 saturated heterocycles. The van der Waals surface area contributed by atoms with Crippen molar-refractivity contribution >= 4 is 5.69 Å². The Kier molecular flexibility index (Phi) is 3.77. The molecule has 0 bridgehead atoms. The quantitative estimate of drug-likeness (QED) is 0.866. The molecule has 3 rings (SSSR count). The zero-order valence-corrected chi connectivity index (χ0v) is 12.2. The van der Waals surface area contributed by atoms with E-state index < -0.39 is 0 Å². The van der Waals surface area contributed by atoms with E-state index in [9.17, 15) is 0 Å². The highest BCUT2D eigenvalue weighted by atomic mass is 15.1. The molecule has 3 heteroatoms. The van der Waals surface area contributed by atoms with Crippen molar-refractivity contribution in [1.29, 1.82) is 0 Å². The third-order valence-electron chi connectivity index (χ3n) is 4.25. The maximum absolute atomic E-state index is 5.72. The molecule has 0 unspecified atom stereocenters. The highest BCUT2D eigenvalue weighted by molar-refractivity contribution is 5.39. The van der Waals surface area contributed by atoms with Crippen molar-refractivity contribution in [2.45, 2.75) is 52.0 Å². The van der Waals surface area contributed by atoms with Gasteiger partial charge in [0.1, 0.15) is 5.82 Å². The highest BCUT2D eigenvalue weighted by Gasteiger charge is 2.17. The van der Waals surface area contributed by atoms with Crippen LogP contribution in [0.4, 0.5) is 5.69 Å². The molecule has 3 nitrogen and oxygen atoms in total. The summed E-state index contributed by atoms with van der Waals surface area (Å²) in [6.07, 6.45) is 7.25. The van der Waals surface area contributed by atoms with Crippen LogP contribution in [-0.4, -0.2) is 9.55 Å². The number of hydrogen-bond acceptors (Lipinski definition) is 2. The van der Waals surface area contributed by atoms with E-state index in [-0.39, 0.29) is 0 Å². The molecule has 1 aliphatic carbocycles. The first-order valence-electron chi connectivity index (χ1n) is 7.63. The number of nitrogen functional groups attached to an aromatic ring is 1. The third-order valence-corrected chi connectivity index (χ3v) is 4.25. The zero-order valence-electron chi connectivity index (χ0n) is 12.2. The van der Waals surface area contributed by atoms with Crippen LogP contribution in [-0.2, 0) is 25.8 Å². The number of anilines is 1. The van der Waals surface area contributed by atoms with E-state index in [1.165, 1.54) is 48.5 Å². The monoisotopic (exact) mass is 269 g/mol. The zero-order chi connectivity index (χ0) is 13.9. The Bertz CT molecular complexity index is 581. The number of hydrogen-bond donors (Lipinski definition) is 1. The molecular formula is C17H23N3. The lowest BCUT2D eigenvalue weighted by Crippen LogP contribution is -2.10. The summed E-state index contributed by atoms with van der Waals surface area (Å²) in [4.78, 5) is 4.73. The van der Waals surface area contributed by atoms with Crippen LogP contribution in [0.1, 0.15) is 42.0 Å². The molecule has 106 valence electrons. The van der Waals surface area contributed by atoms with Gasteiger partial charge in [0.05, 0.1) is 5.69 Å². The molecule has 1 heterocycles. The number of aromatic nitrogens is 2. The summed E-state index contributed by atoms with van der Waals surface area (Å²) >= 11 is 0. The summed E-state index contributed by atoms with van der Waals surface area (Å²) in [6, 6.07) is 8.23. The van der Waals surface area contributed by atoms with Crippen molar-refractivity contribution in [2.75, 3.05) is 5.73 Å². The third kappa shape index (κ3) is 2.72. The second kappa shape index (κ2) is 5.70. The number of fused-ring (bicyclic) bond motifs is 1. The van der Waals surface area contributed by atoms with Crippen LogP contribution >= 0.6 is 0 Å². The number of aryl methyl sites for hydroxylation is 3. The van der Waals surface area contributed by atoms with E-state index in [1.807, 2.05) is 12.1 Å². The molecule has 0 amide bonds. The maximum atomic E-state index is 5.72. The molecule has 1 aromatic heterocycles. The van der Waals surface area contributed by atoms with Gasteiger partial charge in [-0.05, 0) is 63.1 Å². The van der Waals surface area contributed by atoms with Gasteiger partial charge in [0.25, 0.3) is 0 Å². The number of rotatable bonds is 4. The molecule has 2 N–H and O–H groups in total. The Balaban J connectivity index is 1.64. The Morgan fingerprint density at radius 1 is 1.15 bits per heavy atom. The van der Waals surface area contributed by atoms with Crippen molar-refractivity contribution in [2.24, 2.45) is 0 Å². The second-order valence-corrected chi connectivity index (χ2v) is 5.76. The molecule has 0 saturated carbocycles. The first kappa shape index (κ1) is 13.2. The standard InChI is InChI=1S/C17H23N3/c1-13-19-16-6-2-3-7-17(16)20(13)12-4-5-14-8-10-15(18)11-9-14/h8-11H,2-7,12,18H2,1H3. The predicted octanol–water partition coefficient (Wildman–Crippen LogP) is 3.29. The smallest absolute Gasteiger partial charge is 0.106 e. The largest absolute Gasteiger partial charge is 0.399 e. The minimum absolute atomic E-state index is 0.841. The molecule has 0 aliphatic heterocycles. The summed E-state index contributed by atoms with van der Waals surface area (Å²) in [7, 11) is 0. The average molecular weight is 269 g/mol. The lowest BCUT2D eigenvalue weighted by atomic mass is 10.0. The Hall–Kier alpha value is -1.77. The van der Waals surface area contributed by atoms with Gasteiger partial charge < -0.3 is 10.3 Å². The molecule has 1 aromatic carbocycles. The fourth-order valence-corrected chi connectivity index (χ4v) is 3.16. The molecule has 0 fully saturated rings. The van der Waals surface area contributed by atoms with E-state index in [4.69, 9.17) is 10.7 Å². The number of nitrogens with two attached hydrogens (primary N) is 1. The topological polar surface area (TPSA) is 43.8 Å². The highest BCUT2D eigenvalue weighted by Crippen LogP contribution is 2.22. The molecular weight excluding hydrogens is 246 g/mol. The van der Waals surface area contributed by atoms with Crippen LogP contribution < -0.4 is 5.73 Å². The van der Waals surface area contributed by atoms with Crippen molar-refractivity contribution in [1.82, 2.24) is 9.55 Å². The predicted molar refractivity (Wildman–Crippen MR) is 82.8 cm³/mol. The summed E-state index contributed by atoms with van der Waals surface area (Å²) < 4.78 is 2.44. The van der Waals surface area contributed by atoms with Gasteiger partial charge in [0.2, 0.25) is 0 Å². The van der Waals surface area contributed by atoms with Gasteiger partial charge >= 0.3 is 0 Å². The van der Waals surface area contributed by atoms with E-state index in [0.717, 1.165) is 25.1 Å². The average Bonchev–Trinajstić information content (AvgIpc) is 2.77. The Labute approximate surface area is 120 Å². The molecule has 0 spiro atoms. The van der Waals surface area contributed by atoms with E-state index in [1.54, 1.807) is 0 Å². The minimum atomic E-state index is 0.841. The van der Waals surface area contributed by atoms with Crippen LogP contribution in [0.25, 0.3) is 0 Å². The Morgan fingerprint density at radius 2 is 1.90 bits per heavy atom. The van der Waals surface area contributed by atoms with Crippen LogP contribution in [0.3, 0.4) is 0 Å². The van der Waals surface area contributed by atoms with Gasteiger partial charge in [-0.1, -0.05) is 12.1 Å². The molecule has 0 atom stereocenters. The lowest BCUT2D eigenvalue weighted by Gasteiger charge is -2.14. The fourth-order valence-electron chi connectivity index (χ4n) is 3.16. The van der Waals surface area contributed by atoms with Gasteiger partial charge in [-0.15, -0.1) is 0 Å². The Morgan fingerprint density at radius 3 is 2.70 bits per heavy atom. The molecule has 2 aromatic rings. The molecule has 20 heavy (non-hydrogen) atoms. The van der Waals surface area contributed by atoms with Crippen LogP contribution in [0.5, 0.6) is 0 Å². The van der Waals surface area contributed by atoms with Crippen molar-refractivity contribution in [3.63, 3.8) is 0 Å². The van der Waals surface area contributed by atoms with Gasteiger partial charge in [-0.3, -0.25) is 0 Å². The second-order valence-electron chi connectivity index (χ2n) is 5.76. The molecule has 1 aliphatic rings. The number of nitrogens with zero attached hydrogens (tertiary/aromatic N) is 2. The first-order valence-corrected chi connectivity index (χ1v) is 7.63. The summed E-state index contributed by atoms with van der Waals surface area (Å²) in [5, 5.41) is 0. The summed E-state index contributed by atoms with van der Waals surface area (Å²) in [6.45, 7) is 3.22. The van der Waals surface area contributed by atoms with E-state index >= 15 is 0 Å². The lowest BCUT2D eigenvalue weighted by molar-refractivity contribution is 0.573. The van der Waals surface area contributed by atoms with Crippen molar-refractivity contribution in [3.8, 4) is 0 Å². The van der Waals surface area contributed by atoms with Crippen molar-refractivity contribution < 1.29 is 0 Å². The van der Waals surface area contributed by atoms with Gasteiger partial charge in [0, 0.05) is 17.9 Å². The first-order chi connectivity index (χ1) is 9.74. The SMILES string of the molecule is Cc1nc2c(n1CCCc1ccc(N)cc1)CCCC2. The van der Waals surface area contributed by atoms with Crippen LogP contribution in [0.2, 0.25) is 0 Å². The van der Waals surface area contributed by atoms with Gasteiger partial charge in [-0.2, -0.15) is 0 Å². The summed E-state index contributed by atoms with van der Waals surface area (Å²) in [5.74, 6) is 1.19.